The van der Waals surface area contributed by atoms with Crippen LogP contribution in [0.5, 0.6) is 0 Å². The first-order valence-corrected chi connectivity index (χ1v) is 11.6. The molecule has 0 saturated carbocycles. The maximum absolute atomic E-state index is 12.6. The van der Waals surface area contributed by atoms with Crippen LogP contribution in [0.2, 0.25) is 0 Å². The number of nitrogens with two attached hydrogens (primary N) is 1. The molecule has 10 heteroatoms. The van der Waals surface area contributed by atoms with Gasteiger partial charge in [-0.1, -0.05) is 18.7 Å². The minimum absolute atomic E-state index is 0.166. The van der Waals surface area contributed by atoms with E-state index < -0.39 is 5.91 Å². The Kier molecular flexibility index (Phi) is 6.14. The molecule has 0 aromatic carbocycles. The first kappa shape index (κ1) is 20.5. The molecule has 0 radical (unpaired) electrons. The van der Waals surface area contributed by atoms with E-state index in [1.807, 2.05) is 16.7 Å². The lowest BCUT2D eigenvalue weighted by atomic mass is 10.1. The number of nitrogens with one attached hydrogen (secondary N) is 1. The molecular formula is C20H22N6O2S2. The standard InChI is InChI=1S/C20H22N6O2S2/c1-2-10-26-18(12-6-8-22-9-7-12)24-25-20(26)29-11-15(27)23-19-16(17(21)28)13-4-3-5-14(13)30-19/h6-9H,2-5,10-11H2,1H3,(H2,21,28)(H,23,27). The second-order valence-electron chi connectivity index (χ2n) is 6.96. The summed E-state index contributed by atoms with van der Waals surface area (Å²) in [5.41, 5.74) is 7.97. The third-order valence-corrected chi connectivity index (χ3v) is 7.03. The van der Waals surface area contributed by atoms with Crippen molar-refractivity contribution in [2.75, 3.05) is 11.1 Å². The predicted molar refractivity (Wildman–Crippen MR) is 118 cm³/mol. The number of carbonyl (C=O) groups is 2. The molecule has 156 valence electrons. The van der Waals surface area contributed by atoms with E-state index in [1.165, 1.54) is 23.1 Å². The van der Waals surface area contributed by atoms with Crippen LogP contribution >= 0.6 is 23.1 Å². The Bertz CT molecular complexity index is 1080. The molecular weight excluding hydrogens is 420 g/mol. The normalized spacial score (nSPS) is 12.7. The van der Waals surface area contributed by atoms with Gasteiger partial charge in [-0.25, -0.2) is 0 Å². The topological polar surface area (TPSA) is 116 Å². The molecule has 3 N–H and O–H groups in total. The highest BCUT2D eigenvalue weighted by Gasteiger charge is 2.26. The summed E-state index contributed by atoms with van der Waals surface area (Å²) in [6.45, 7) is 2.83. The molecule has 0 bridgehead atoms. The van der Waals surface area contributed by atoms with Crippen LogP contribution in [0.3, 0.4) is 0 Å². The number of thiophene rings is 1. The average molecular weight is 443 g/mol. The molecule has 3 aromatic heterocycles. The van der Waals surface area contributed by atoms with Crippen molar-refractivity contribution in [1.82, 2.24) is 19.7 Å². The SMILES string of the molecule is CCCn1c(SCC(=O)Nc2sc3c(c2C(N)=O)CCC3)nnc1-c1ccncc1. The highest BCUT2D eigenvalue weighted by molar-refractivity contribution is 7.99. The van der Waals surface area contributed by atoms with Gasteiger partial charge in [0.05, 0.1) is 11.3 Å². The number of aryl methyl sites for hydroxylation is 1. The van der Waals surface area contributed by atoms with Gasteiger partial charge in [0.2, 0.25) is 5.91 Å². The molecule has 30 heavy (non-hydrogen) atoms. The molecule has 0 atom stereocenters. The zero-order chi connectivity index (χ0) is 21.1. The van der Waals surface area contributed by atoms with Gasteiger partial charge < -0.3 is 15.6 Å². The van der Waals surface area contributed by atoms with Crippen molar-refractivity contribution in [2.45, 2.75) is 44.3 Å². The van der Waals surface area contributed by atoms with Crippen LogP contribution in [0.1, 0.15) is 40.6 Å². The molecule has 2 amide bonds. The lowest BCUT2D eigenvalue weighted by Crippen LogP contribution is -2.19. The fourth-order valence-electron chi connectivity index (χ4n) is 3.58. The summed E-state index contributed by atoms with van der Waals surface area (Å²) < 4.78 is 2.02. The summed E-state index contributed by atoms with van der Waals surface area (Å²) in [5.74, 6) is 0.243. The van der Waals surface area contributed by atoms with Crippen molar-refractivity contribution >= 4 is 39.9 Å². The van der Waals surface area contributed by atoms with E-state index in [0.717, 1.165) is 54.1 Å². The molecule has 3 aromatic rings. The van der Waals surface area contributed by atoms with Crippen LogP contribution in [0.4, 0.5) is 5.00 Å². The summed E-state index contributed by atoms with van der Waals surface area (Å²) in [6.07, 6.45) is 7.15. The Labute approximate surface area is 182 Å². The summed E-state index contributed by atoms with van der Waals surface area (Å²) in [7, 11) is 0. The number of carbonyl (C=O) groups excluding carboxylic acids is 2. The van der Waals surface area contributed by atoms with E-state index in [1.54, 1.807) is 12.4 Å². The zero-order valence-electron chi connectivity index (χ0n) is 16.6. The van der Waals surface area contributed by atoms with Gasteiger partial charge in [-0.3, -0.25) is 14.6 Å². The van der Waals surface area contributed by atoms with Crippen molar-refractivity contribution < 1.29 is 9.59 Å². The average Bonchev–Trinajstić information content (AvgIpc) is 3.42. The number of aromatic nitrogens is 4. The van der Waals surface area contributed by atoms with Gasteiger partial charge in [0.25, 0.3) is 5.91 Å². The minimum Gasteiger partial charge on any atom is -0.365 e. The van der Waals surface area contributed by atoms with Crippen LogP contribution in [0, 0.1) is 0 Å². The highest BCUT2D eigenvalue weighted by atomic mass is 32.2. The summed E-state index contributed by atoms with van der Waals surface area (Å²) in [5, 5.41) is 12.7. The number of amides is 2. The molecule has 4 rings (SSSR count). The Morgan fingerprint density at radius 2 is 2.07 bits per heavy atom. The van der Waals surface area contributed by atoms with E-state index in [-0.39, 0.29) is 11.7 Å². The third kappa shape index (κ3) is 4.10. The summed E-state index contributed by atoms with van der Waals surface area (Å²) >= 11 is 2.78. The molecule has 0 saturated heterocycles. The van der Waals surface area contributed by atoms with Crippen LogP contribution in [-0.2, 0) is 24.2 Å². The summed E-state index contributed by atoms with van der Waals surface area (Å²) in [6, 6.07) is 3.78. The second kappa shape index (κ2) is 8.97. The molecule has 0 fully saturated rings. The fourth-order valence-corrected chi connectivity index (χ4v) is 5.66. The van der Waals surface area contributed by atoms with Crippen molar-refractivity contribution in [3.63, 3.8) is 0 Å². The fraction of sp³-hybridized carbons (Fsp3) is 0.350. The number of hydrogen-bond donors (Lipinski definition) is 2. The van der Waals surface area contributed by atoms with Crippen LogP contribution in [0.15, 0.2) is 29.7 Å². The predicted octanol–water partition coefficient (Wildman–Crippen LogP) is 3.13. The van der Waals surface area contributed by atoms with Crippen LogP contribution in [0.25, 0.3) is 11.4 Å². The molecule has 1 aliphatic rings. The van der Waals surface area contributed by atoms with Crippen molar-refractivity contribution in [1.29, 1.82) is 0 Å². The van der Waals surface area contributed by atoms with Gasteiger partial charge in [0.15, 0.2) is 11.0 Å². The van der Waals surface area contributed by atoms with Gasteiger partial charge in [0.1, 0.15) is 5.00 Å². The van der Waals surface area contributed by atoms with E-state index >= 15 is 0 Å². The van der Waals surface area contributed by atoms with E-state index in [2.05, 4.69) is 27.4 Å². The molecule has 0 spiro atoms. The van der Waals surface area contributed by atoms with Gasteiger partial charge >= 0.3 is 0 Å². The number of rotatable bonds is 8. The number of anilines is 1. The Balaban J connectivity index is 1.47. The second-order valence-corrected chi connectivity index (χ2v) is 9.00. The number of pyridine rings is 1. The van der Waals surface area contributed by atoms with Gasteiger partial charge in [-0.2, -0.15) is 0 Å². The Hall–Kier alpha value is -2.72. The minimum atomic E-state index is -0.484. The maximum atomic E-state index is 12.6. The van der Waals surface area contributed by atoms with Gasteiger partial charge in [0, 0.05) is 29.4 Å². The highest BCUT2D eigenvalue weighted by Crippen LogP contribution is 2.39. The first-order valence-electron chi connectivity index (χ1n) is 9.79. The first-order chi connectivity index (χ1) is 14.6. The molecule has 3 heterocycles. The van der Waals surface area contributed by atoms with Crippen molar-refractivity contribution in [3.05, 3.63) is 40.5 Å². The zero-order valence-corrected chi connectivity index (χ0v) is 18.2. The number of fused-ring (bicyclic) bond motifs is 1. The lowest BCUT2D eigenvalue weighted by molar-refractivity contribution is -0.113. The van der Waals surface area contributed by atoms with E-state index in [0.29, 0.717) is 15.7 Å². The van der Waals surface area contributed by atoms with Crippen molar-refractivity contribution in [2.24, 2.45) is 5.73 Å². The van der Waals surface area contributed by atoms with Crippen LogP contribution in [-0.4, -0.2) is 37.3 Å². The molecule has 0 aliphatic heterocycles. The van der Waals surface area contributed by atoms with E-state index in [4.69, 9.17) is 5.73 Å². The largest absolute Gasteiger partial charge is 0.365 e. The number of primary amides is 1. The van der Waals surface area contributed by atoms with Gasteiger partial charge in [-0.15, -0.1) is 21.5 Å². The number of nitrogens with zero attached hydrogens (tertiary/aromatic N) is 4. The molecule has 8 nitrogen and oxygen atoms in total. The number of thioether (sulfide) groups is 1. The van der Waals surface area contributed by atoms with Crippen LogP contribution < -0.4 is 11.1 Å². The monoisotopic (exact) mass is 442 g/mol. The van der Waals surface area contributed by atoms with E-state index in [9.17, 15) is 9.59 Å². The van der Waals surface area contributed by atoms with Crippen molar-refractivity contribution in [3.8, 4) is 11.4 Å². The smallest absolute Gasteiger partial charge is 0.251 e. The van der Waals surface area contributed by atoms with Gasteiger partial charge in [-0.05, 0) is 43.4 Å². The Morgan fingerprint density at radius 3 is 2.80 bits per heavy atom. The molecule has 0 unspecified atom stereocenters. The lowest BCUT2D eigenvalue weighted by Gasteiger charge is -2.09. The quantitative estimate of drug-likeness (QED) is 0.518. The third-order valence-electron chi connectivity index (χ3n) is 4.86. The summed E-state index contributed by atoms with van der Waals surface area (Å²) in [4.78, 5) is 29.7. The molecule has 1 aliphatic carbocycles. The maximum Gasteiger partial charge on any atom is 0.251 e. The Morgan fingerprint density at radius 1 is 1.27 bits per heavy atom. The number of hydrogen-bond acceptors (Lipinski definition) is 7.